The van der Waals surface area contributed by atoms with Gasteiger partial charge in [0.1, 0.15) is 0 Å². The van der Waals surface area contributed by atoms with E-state index in [0.29, 0.717) is 0 Å². The molecule has 0 aliphatic carbocycles. The third-order valence-electron chi connectivity index (χ3n) is 8.80. The molecule has 6 aromatic carbocycles. The Morgan fingerprint density at radius 3 is 1.61 bits per heavy atom. The minimum absolute atomic E-state index is 0.896. The van der Waals surface area contributed by atoms with E-state index in [4.69, 9.17) is 15.0 Å². The van der Waals surface area contributed by atoms with Crippen molar-refractivity contribution in [2.45, 2.75) is 0 Å². The van der Waals surface area contributed by atoms with Crippen molar-refractivity contribution in [2.75, 3.05) is 0 Å². The van der Waals surface area contributed by atoms with Gasteiger partial charge >= 0.3 is 0 Å². The van der Waals surface area contributed by atoms with Crippen LogP contribution in [0.25, 0.3) is 88.4 Å². The van der Waals surface area contributed by atoms with Crippen LogP contribution in [-0.2, 0) is 0 Å². The fourth-order valence-corrected chi connectivity index (χ4v) is 6.46. The number of benzene rings is 6. The summed E-state index contributed by atoms with van der Waals surface area (Å²) in [4.78, 5) is 15.5. The Bertz CT molecular complexity index is 2570. The van der Waals surface area contributed by atoms with E-state index < -0.39 is 0 Å². The normalized spacial score (nSPS) is 11.5. The van der Waals surface area contributed by atoms with Crippen LogP contribution in [0.4, 0.5) is 0 Å². The quantitative estimate of drug-likeness (QED) is 0.152. The van der Waals surface area contributed by atoms with Crippen LogP contribution in [0.3, 0.4) is 0 Å². The van der Waals surface area contributed by atoms with E-state index in [-0.39, 0.29) is 0 Å². The maximum atomic E-state index is 5.26. The lowest BCUT2D eigenvalue weighted by Gasteiger charge is -2.14. The average Bonchev–Trinajstić information content (AvgIpc) is 3.13. The Kier molecular flexibility index (Phi) is 6.14. The molecule has 3 nitrogen and oxygen atoms in total. The van der Waals surface area contributed by atoms with Crippen molar-refractivity contribution in [3.05, 3.63) is 164 Å². The molecule has 0 unspecified atom stereocenters. The van der Waals surface area contributed by atoms with Gasteiger partial charge in [-0.05, 0) is 70.4 Å². The topological polar surface area (TPSA) is 38.7 Å². The number of nitrogens with zero attached hydrogens (tertiary/aromatic N) is 3. The van der Waals surface area contributed by atoms with Crippen molar-refractivity contribution in [3.8, 4) is 44.9 Å². The van der Waals surface area contributed by atoms with Gasteiger partial charge in [-0.2, -0.15) is 0 Å². The van der Waals surface area contributed by atoms with Crippen molar-refractivity contribution in [1.82, 2.24) is 15.0 Å². The molecule has 0 atom stereocenters. The molecule has 0 bridgehead atoms. The highest BCUT2D eigenvalue weighted by Gasteiger charge is 2.15. The second kappa shape index (κ2) is 10.8. The molecule has 0 saturated heterocycles. The SMILES string of the molecule is c1ccc(-c2ccc3cc(-c4cccc(-c5ccc6cc7ccccc7cc6n5)c4)c4ccc(-c5ccccc5)nc4c3n2)cc1. The van der Waals surface area contributed by atoms with E-state index in [2.05, 4.69) is 140 Å². The zero-order valence-corrected chi connectivity index (χ0v) is 24.9. The van der Waals surface area contributed by atoms with E-state index in [9.17, 15) is 0 Å². The molecule has 0 N–H and O–H groups in total. The van der Waals surface area contributed by atoms with Gasteiger partial charge in [-0.1, -0.05) is 115 Å². The zero-order valence-electron chi connectivity index (χ0n) is 24.9. The van der Waals surface area contributed by atoms with Crippen LogP contribution in [0.15, 0.2) is 164 Å². The standard InChI is InChI=1S/C43H27N3/c1-3-10-28(11-4-1)38-22-19-35-26-37(36-20-23-39(29-12-5-2-6-13-29)46-43(36)42(35)45-38)32-16-9-17-33(25-32)40-21-18-34-24-30-14-7-8-15-31(30)27-41(34)44-40/h1-27H. The van der Waals surface area contributed by atoms with Crippen LogP contribution < -0.4 is 0 Å². The minimum atomic E-state index is 0.896. The Hall–Kier alpha value is -6.19. The van der Waals surface area contributed by atoms with Gasteiger partial charge in [0.25, 0.3) is 0 Å². The number of fused-ring (bicyclic) bond motifs is 5. The first-order chi connectivity index (χ1) is 22.8. The molecule has 0 amide bonds. The fraction of sp³-hybridized carbons (Fsp3) is 0. The first-order valence-corrected chi connectivity index (χ1v) is 15.5. The van der Waals surface area contributed by atoms with Gasteiger partial charge < -0.3 is 0 Å². The molecule has 46 heavy (non-hydrogen) atoms. The first kappa shape index (κ1) is 26.2. The second-order valence-electron chi connectivity index (χ2n) is 11.7. The van der Waals surface area contributed by atoms with Gasteiger partial charge in [0, 0.05) is 32.8 Å². The molecule has 3 heteroatoms. The summed E-state index contributed by atoms with van der Waals surface area (Å²) in [6, 6.07) is 57.3. The predicted octanol–water partition coefficient (Wildman–Crippen LogP) is 11.2. The summed E-state index contributed by atoms with van der Waals surface area (Å²) in [5, 5.41) is 5.69. The van der Waals surface area contributed by atoms with Crippen LogP contribution in [0.1, 0.15) is 0 Å². The molecule has 3 aromatic heterocycles. The third-order valence-corrected chi connectivity index (χ3v) is 8.80. The van der Waals surface area contributed by atoms with Gasteiger partial charge in [0.2, 0.25) is 0 Å². The van der Waals surface area contributed by atoms with Gasteiger partial charge in [-0.25, -0.2) is 15.0 Å². The van der Waals surface area contributed by atoms with Gasteiger partial charge in [-0.15, -0.1) is 0 Å². The molecular formula is C43H27N3. The van der Waals surface area contributed by atoms with Crippen molar-refractivity contribution in [1.29, 1.82) is 0 Å². The summed E-state index contributed by atoms with van der Waals surface area (Å²) in [6.07, 6.45) is 0. The van der Waals surface area contributed by atoms with Gasteiger partial charge in [0.05, 0.1) is 33.6 Å². The molecule has 0 radical (unpaired) electrons. The van der Waals surface area contributed by atoms with Gasteiger partial charge in [-0.3, -0.25) is 0 Å². The van der Waals surface area contributed by atoms with Crippen LogP contribution in [0.2, 0.25) is 0 Å². The van der Waals surface area contributed by atoms with E-state index in [0.717, 1.165) is 77.6 Å². The average molecular weight is 586 g/mol. The summed E-state index contributed by atoms with van der Waals surface area (Å²) in [6.45, 7) is 0. The zero-order chi connectivity index (χ0) is 30.5. The number of pyridine rings is 3. The molecule has 9 aromatic rings. The molecule has 9 rings (SSSR count). The molecular weight excluding hydrogens is 558 g/mol. The smallest absolute Gasteiger partial charge is 0.0978 e. The first-order valence-electron chi connectivity index (χ1n) is 15.5. The van der Waals surface area contributed by atoms with E-state index in [1.165, 1.54) is 10.8 Å². The van der Waals surface area contributed by atoms with E-state index in [1.54, 1.807) is 0 Å². The Morgan fingerprint density at radius 1 is 0.304 bits per heavy atom. The summed E-state index contributed by atoms with van der Waals surface area (Å²) in [7, 11) is 0. The number of hydrogen-bond acceptors (Lipinski definition) is 3. The molecule has 0 fully saturated rings. The molecule has 0 aliphatic heterocycles. The maximum Gasteiger partial charge on any atom is 0.0978 e. The number of aromatic nitrogens is 3. The molecule has 214 valence electrons. The van der Waals surface area contributed by atoms with Crippen LogP contribution in [0.5, 0.6) is 0 Å². The molecule has 0 aliphatic rings. The Morgan fingerprint density at radius 2 is 0.870 bits per heavy atom. The lowest BCUT2D eigenvalue weighted by molar-refractivity contribution is 1.36. The Labute approximate surface area is 266 Å². The van der Waals surface area contributed by atoms with Crippen LogP contribution in [-0.4, -0.2) is 15.0 Å². The van der Waals surface area contributed by atoms with E-state index >= 15 is 0 Å². The fourth-order valence-electron chi connectivity index (χ4n) is 6.46. The summed E-state index contributed by atoms with van der Waals surface area (Å²) in [5.74, 6) is 0. The highest BCUT2D eigenvalue weighted by molar-refractivity contribution is 6.11. The number of rotatable bonds is 4. The predicted molar refractivity (Wildman–Crippen MR) is 192 cm³/mol. The van der Waals surface area contributed by atoms with Crippen LogP contribution >= 0.6 is 0 Å². The Balaban J connectivity index is 1.22. The summed E-state index contributed by atoms with van der Waals surface area (Å²) >= 11 is 0. The maximum absolute atomic E-state index is 5.26. The van der Waals surface area contributed by atoms with Crippen molar-refractivity contribution < 1.29 is 0 Å². The number of hydrogen-bond donors (Lipinski definition) is 0. The largest absolute Gasteiger partial charge is 0.248 e. The molecule has 3 heterocycles. The highest BCUT2D eigenvalue weighted by atomic mass is 14.8. The summed E-state index contributed by atoms with van der Waals surface area (Å²) in [5.41, 5.74) is 11.1. The van der Waals surface area contributed by atoms with E-state index in [1.807, 2.05) is 24.3 Å². The minimum Gasteiger partial charge on any atom is -0.248 e. The molecule has 0 spiro atoms. The third kappa shape index (κ3) is 4.58. The summed E-state index contributed by atoms with van der Waals surface area (Å²) < 4.78 is 0. The lowest BCUT2D eigenvalue weighted by atomic mass is 9.95. The van der Waals surface area contributed by atoms with Gasteiger partial charge in [0.15, 0.2) is 0 Å². The van der Waals surface area contributed by atoms with Crippen LogP contribution in [0, 0.1) is 0 Å². The highest BCUT2D eigenvalue weighted by Crippen LogP contribution is 2.37. The van der Waals surface area contributed by atoms with Crippen molar-refractivity contribution >= 4 is 43.5 Å². The second-order valence-corrected chi connectivity index (χ2v) is 11.7. The van der Waals surface area contributed by atoms with Crippen molar-refractivity contribution in [2.24, 2.45) is 0 Å². The lowest BCUT2D eigenvalue weighted by Crippen LogP contribution is -1.94. The monoisotopic (exact) mass is 585 g/mol. The molecule has 0 saturated carbocycles. The van der Waals surface area contributed by atoms with Crippen molar-refractivity contribution in [3.63, 3.8) is 0 Å².